The van der Waals surface area contributed by atoms with E-state index in [-0.39, 0.29) is 18.1 Å². The van der Waals surface area contributed by atoms with Crippen molar-refractivity contribution in [2.45, 2.75) is 43.9 Å². The van der Waals surface area contributed by atoms with Gasteiger partial charge in [0.25, 0.3) is 5.91 Å². The van der Waals surface area contributed by atoms with Crippen LogP contribution in [0.5, 0.6) is 0 Å². The van der Waals surface area contributed by atoms with E-state index in [0.717, 1.165) is 11.1 Å². The van der Waals surface area contributed by atoms with E-state index in [1.807, 2.05) is 60.7 Å². The van der Waals surface area contributed by atoms with Gasteiger partial charge in [-0.15, -0.1) is 11.8 Å². The molecule has 1 unspecified atom stereocenters. The molecule has 11 heteroatoms. The Labute approximate surface area is 237 Å². The molecular formula is C29H33N3O7S. The summed E-state index contributed by atoms with van der Waals surface area (Å²) in [5, 5.41) is 2.06. The van der Waals surface area contributed by atoms with E-state index < -0.39 is 47.2 Å². The van der Waals surface area contributed by atoms with Gasteiger partial charge in [-0.3, -0.25) is 9.69 Å². The number of alkyl carbamates (subject to hydrolysis) is 1. The van der Waals surface area contributed by atoms with Gasteiger partial charge in [-0.2, -0.15) is 0 Å². The molecule has 0 radical (unpaired) electrons. The molecule has 1 fully saturated rings. The summed E-state index contributed by atoms with van der Waals surface area (Å²) in [5.74, 6) is -0.932. The Kier molecular flexibility index (Phi) is 8.73. The lowest BCUT2D eigenvalue weighted by atomic mass is 10.0. The van der Waals surface area contributed by atoms with Gasteiger partial charge in [-0.1, -0.05) is 60.7 Å². The highest BCUT2D eigenvalue weighted by Crippen LogP contribution is 2.41. The first-order valence-electron chi connectivity index (χ1n) is 12.8. The molecule has 0 saturated carbocycles. The van der Waals surface area contributed by atoms with E-state index in [2.05, 4.69) is 5.32 Å². The summed E-state index contributed by atoms with van der Waals surface area (Å²) >= 11 is 1.35. The predicted octanol–water partition coefficient (Wildman–Crippen LogP) is 4.08. The van der Waals surface area contributed by atoms with Gasteiger partial charge >= 0.3 is 18.2 Å². The molecule has 0 bridgehead atoms. The monoisotopic (exact) mass is 567 g/mol. The van der Waals surface area contributed by atoms with Gasteiger partial charge in [0.1, 0.15) is 29.3 Å². The molecule has 2 heterocycles. The molecule has 0 aliphatic carbocycles. The Morgan fingerprint density at radius 2 is 1.60 bits per heavy atom. The van der Waals surface area contributed by atoms with E-state index in [4.69, 9.17) is 14.2 Å². The number of hydrogen-bond donors (Lipinski definition) is 1. The number of nitrogens with one attached hydrogen (secondary N) is 1. The summed E-state index contributed by atoms with van der Waals surface area (Å²) in [6.07, 6.45) is -2.05. The molecule has 2 atom stereocenters. The van der Waals surface area contributed by atoms with Crippen molar-refractivity contribution in [2.24, 2.45) is 0 Å². The number of carbonyl (C=O) groups is 4. The van der Waals surface area contributed by atoms with E-state index in [1.54, 1.807) is 34.9 Å². The Morgan fingerprint density at radius 3 is 2.12 bits per heavy atom. The van der Waals surface area contributed by atoms with Crippen molar-refractivity contribution in [3.63, 3.8) is 0 Å². The number of hydrogen-bond acceptors (Lipinski definition) is 8. The first kappa shape index (κ1) is 29.0. The number of esters is 1. The second kappa shape index (κ2) is 12.0. The standard InChI is InChI=1S/C29H33N3O7S/c1-29(2,3)39-27(35)30-21-24(33)32-22(20(17-40-25(21)32)16-37-28(36)31(4)5)26(34)38-23(18-12-8-6-9-13-18)19-14-10-7-11-15-19/h6-15,21,23,25H,16-17H2,1-5H3,(H,30,35)/t21?,25-/m1/s1. The minimum atomic E-state index is -0.882. The van der Waals surface area contributed by atoms with Crippen molar-refractivity contribution in [3.8, 4) is 0 Å². The zero-order valence-corrected chi connectivity index (χ0v) is 23.9. The third-order valence-corrected chi connectivity index (χ3v) is 7.42. The molecule has 2 aliphatic heterocycles. The zero-order chi connectivity index (χ0) is 29.0. The number of nitrogens with zero attached hydrogens (tertiary/aromatic N) is 2. The number of β-lactam (4-membered cyclic amide) rings is 1. The number of benzene rings is 2. The molecule has 40 heavy (non-hydrogen) atoms. The highest BCUT2D eigenvalue weighted by molar-refractivity contribution is 8.00. The van der Waals surface area contributed by atoms with Gasteiger partial charge in [0.15, 0.2) is 6.10 Å². The quantitative estimate of drug-likeness (QED) is 0.303. The molecule has 2 aliphatic rings. The maximum Gasteiger partial charge on any atom is 0.409 e. The Bertz CT molecular complexity index is 1250. The minimum absolute atomic E-state index is 0.0133. The van der Waals surface area contributed by atoms with Crippen LogP contribution in [-0.4, -0.2) is 77.3 Å². The van der Waals surface area contributed by atoms with Crippen molar-refractivity contribution >= 4 is 35.8 Å². The molecule has 2 aromatic carbocycles. The lowest BCUT2D eigenvalue weighted by molar-refractivity contribution is -0.153. The van der Waals surface area contributed by atoms with E-state index in [1.165, 1.54) is 21.6 Å². The second-order valence-electron chi connectivity index (χ2n) is 10.5. The molecular weight excluding hydrogens is 534 g/mol. The van der Waals surface area contributed by atoms with Gasteiger partial charge in [-0.25, -0.2) is 14.4 Å². The summed E-state index contributed by atoms with van der Waals surface area (Å²) < 4.78 is 16.7. The maximum absolute atomic E-state index is 13.8. The average Bonchev–Trinajstić information content (AvgIpc) is 2.92. The van der Waals surface area contributed by atoms with Gasteiger partial charge in [0.05, 0.1) is 0 Å². The van der Waals surface area contributed by atoms with Crippen molar-refractivity contribution < 1.29 is 33.4 Å². The van der Waals surface area contributed by atoms with Gasteiger partial charge in [0.2, 0.25) is 0 Å². The molecule has 3 amide bonds. The number of fused-ring (bicyclic) bond motifs is 1. The second-order valence-corrected chi connectivity index (χ2v) is 11.6. The largest absolute Gasteiger partial charge is 0.448 e. The number of thioether (sulfide) groups is 1. The van der Waals surface area contributed by atoms with Crippen LogP contribution in [0.4, 0.5) is 9.59 Å². The molecule has 0 spiro atoms. The smallest absolute Gasteiger partial charge is 0.409 e. The fourth-order valence-electron chi connectivity index (χ4n) is 4.24. The third kappa shape index (κ3) is 6.59. The first-order valence-corrected chi connectivity index (χ1v) is 13.8. The summed E-state index contributed by atoms with van der Waals surface area (Å²) in [6, 6.07) is 17.7. The summed E-state index contributed by atoms with van der Waals surface area (Å²) in [7, 11) is 3.10. The van der Waals surface area contributed by atoms with Crippen LogP contribution in [0.25, 0.3) is 0 Å². The van der Waals surface area contributed by atoms with E-state index in [9.17, 15) is 19.2 Å². The van der Waals surface area contributed by atoms with Gasteiger partial charge in [0, 0.05) is 25.4 Å². The number of ether oxygens (including phenoxy) is 3. The Morgan fingerprint density at radius 1 is 1.02 bits per heavy atom. The van der Waals surface area contributed by atoms with Crippen LogP contribution < -0.4 is 5.32 Å². The number of rotatable bonds is 7. The fraction of sp³-hybridized carbons (Fsp3) is 0.379. The molecule has 212 valence electrons. The predicted molar refractivity (Wildman–Crippen MR) is 149 cm³/mol. The van der Waals surface area contributed by atoms with Crippen molar-refractivity contribution in [2.75, 3.05) is 26.5 Å². The first-order chi connectivity index (χ1) is 19.0. The van der Waals surface area contributed by atoms with Crippen LogP contribution in [0.3, 0.4) is 0 Å². The van der Waals surface area contributed by atoms with E-state index >= 15 is 0 Å². The minimum Gasteiger partial charge on any atom is -0.448 e. The third-order valence-electron chi connectivity index (χ3n) is 6.08. The normalized spacial score (nSPS) is 18.4. The van der Waals surface area contributed by atoms with Gasteiger partial charge < -0.3 is 24.4 Å². The summed E-state index contributed by atoms with van der Waals surface area (Å²) in [5.41, 5.74) is 1.22. The number of amides is 3. The van der Waals surface area contributed by atoms with Gasteiger partial charge in [-0.05, 0) is 31.9 Å². The lowest BCUT2D eigenvalue weighted by Crippen LogP contribution is -2.71. The highest BCUT2D eigenvalue weighted by Gasteiger charge is 2.55. The van der Waals surface area contributed by atoms with Crippen molar-refractivity contribution in [1.82, 2.24) is 15.1 Å². The van der Waals surface area contributed by atoms with Crippen molar-refractivity contribution in [1.29, 1.82) is 0 Å². The van der Waals surface area contributed by atoms with Crippen LogP contribution >= 0.6 is 11.8 Å². The fourth-order valence-corrected chi connectivity index (χ4v) is 5.57. The summed E-state index contributed by atoms with van der Waals surface area (Å²) in [4.78, 5) is 54.3. The molecule has 10 nitrogen and oxygen atoms in total. The lowest BCUT2D eigenvalue weighted by Gasteiger charge is -2.49. The molecule has 0 aromatic heterocycles. The summed E-state index contributed by atoms with van der Waals surface area (Å²) in [6.45, 7) is 4.98. The van der Waals surface area contributed by atoms with Crippen LogP contribution in [0.15, 0.2) is 71.9 Å². The van der Waals surface area contributed by atoms with E-state index in [0.29, 0.717) is 5.57 Å². The molecule has 1 N–H and O–H groups in total. The van der Waals surface area contributed by atoms with Crippen LogP contribution in [0.2, 0.25) is 0 Å². The van der Waals surface area contributed by atoms with Crippen LogP contribution in [0, 0.1) is 0 Å². The molecule has 2 aromatic rings. The van der Waals surface area contributed by atoms with Crippen LogP contribution in [-0.2, 0) is 23.8 Å². The Balaban J connectivity index is 1.63. The zero-order valence-electron chi connectivity index (χ0n) is 23.1. The SMILES string of the molecule is CN(C)C(=O)OCC1=C(C(=O)OC(c2ccccc2)c2ccccc2)N2C(=O)C(NC(=O)OC(C)(C)C)[C@H]2SC1. The van der Waals surface area contributed by atoms with Crippen molar-refractivity contribution in [3.05, 3.63) is 83.1 Å². The molecule has 1 saturated heterocycles. The highest BCUT2D eigenvalue weighted by atomic mass is 32.2. The van der Waals surface area contributed by atoms with Crippen LogP contribution in [0.1, 0.15) is 38.0 Å². The Hall–Kier alpha value is -3.99. The average molecular weight is 568 g/mol. The molecule has 4 rings (SSSR count). The topological polar surface area (TPSA) is 114 Å². The number of carbonyl (C=O) groups excluding carboxylic acids is 4. The maximum atomic E-state index is 13.8.